The lowest BCUT2D eigenvalue weighted by atomic mass is 9.95. The van der Waals surface area contributed by atoms with E-state index in [1.807, 2.05) is 48.2 Å². The van der Waals surface area contributed by atoms with E-state index in [1.54, 1.807) is 7.11 Å². The van der Waals surface area contributed by atoms with Crippen molar-refractivity contribution in [1.29, 1.82) is 0 Å². The molecule has 0 aliphatic carbocycles. The molecule has 4 nitrogen and oxygen atoms in total. The first-order chi connectivity index (χ1) is 11.6. The van der Waals surface area contributed by atoms with Gasteiger partial charge in [0.15, 0.2) is 0 Å². The number of ether oxygens (including phenoxy) is 1. The Morgan fingerprint density at radius 3 is 2.67 bits per heavy atom. The number of carbonyl (C=O) groups is 1. The predicted octanol–water partition coefficient (Wildman–Crippen LogP) is 2.50. The van der Waals surface area contributed by atoms with Gasteiger partial charge in [-0.2, -0.15) is 0 Å². The fraction of sp³-hybridized carbons (Fsp3) is 0.350. The summed E-state index contributed by atoms with van der Waals surface area (Å²) in [6.07, 6.45) is 0.380. The van der Waals surface area contributed by atoms with Gasteiger partial charge >= 0.3 is 0 Å². The topological polar surface area (TPSA) is 55.6 Å². The number of likely N-dealkylation sites (tertiary alicyclic amines) is 1. The molecule has 0 aromatic heterocycles. The first-order valence-corrected chi connectivity index (χ1v) is 8.30. The van der Waals surface area contributed by atoms with Crippen molar-refractivity contribution in [2.24, 2.45) is 5.73 Å². The van der Waals surface area contributed by atoms with E-state index in [-0.39, 0.29) is 17.9 Å². The zero-order chi connectivity index (χ0) is 17.1. The molecule has 0 saturated carbocycles. The van der Waals surface area contributed by atoms with Crippen molar-refractivity contribution in [3.63, 3.8) is 0 Å². The molecule has 2 aromatic rings. The maximum atomic E-state index is 12.7. The molecule has 0 spiro atoms. The van der Waals surface area contributed by atoms with Gasteiger partial charge in [0.25, 0.3) is 0 Å². The van der Waals surface area contributed by atoms with Crippen LogP contribution in [0.1, 0.15) is 22.6 Å². The second kappa shape index (κ2) is 7.05. The number of aryl methyl sites for hydroxylation is 1. The summed E-state index contributed by atoms with van der Waals surface area (Å²) in [7, 11) is 1.65. The highest BCUT2D eigenvalue weighted by Crippen LogP contribution is 2.27. The Bertz CT molecular complexity index is 715. The molecule has 1 aliphatic rings. The van der Waals surface area contributed by atoms with E-state index in [9.17, 15) is 4.79 Å². The first-order valence-electron chi connectivity index (χ1n) is 8.30. The van der Waals surface area contributed by atoms with E-state index in [0.717, 1.165) is 16.9 Å². The van der Waals surface area contributed by atoms with Gasteiger partial charge in [-0.15, -0.1) is 0 Å². The van der Waals surface area contributed by atoms with Crippen LogP contribution in [0.2, 0.25) is 0 Å². The summed E-state index contributed by atoms with van der Waals surface area (Å²) in [5.41, 5.74) is 9.53. The van der Waals surface area contributed by atoms with Crippen LogP contribution in [-0.4, -0.2) is 37.0 Å². The van der Waals surface area contributed by atoms with Crippen LogP contribution in [0.5, 0.6) is 5.75 Å². The van der Waals surface area contributed by atoms with Crippen LogP contribution in [0.25, 0.3) is 0 Å². The zero-order valence-electron chi connectivity index (χ0n) is 14.2. The van der Waals surface area contributed by atoms with Gasteiger partial charge in [-0.05, 0) is 29.7 Å². The summed E-state index contributed by atoms with van der Waals surface area (Å²) >= 11 is 0. The van der Waals surface area contributed by atoms with E-state index < -0.39 is 0 Å². The second-order valence-corrected chi connectivity index (χ2v) is 6.46. The molecule has 1 saturated heterocycles. The molecule has 1 heterocycles. The van der Waals surface area contributed by atoms with E-state index in [1.165, 1.54) is 5.56 Å². The van der Waals surface area contributed by atoms with Gasteiger partial charge < -0.3 is 15.4 Å². The molecule has 1 amide bonds. The van der Waals surface area contributed by atoms with Gasteiger partial charge in [-0.1, -0.05) is 42.5 Å². The van der Waals surface area contributed by atoms with Crippen molar-refractivity contribution in [2.45, 2.75) is 25.3 Å². The number of benzene rings is 2. The van der Waals surface area contributed by atoms with Crippen molar-refractivity contribution >= 4 is 5.91 Å². The second-order valence-electron chi connectivity index (χ2n) is 6.46. The van der Waals surface area contributed by atoms with Gasteiger partial charge in [-0.3, -0.25) is 4.79 Å². The molecule has 1 fully saturated rings. The Labute approximate surface area is 143 Å². The Hall–Kier alpha value is -2.33. The van der Waals surface area contributed by atoms with E-state index >= 15 is 0 Å². The number of amides is 1. The number of rotatable bonds is 4. The highest BCUT2D eigenvalue weighted by Gasteiger charge is 2.33. The number of carbonyl (C=O) groups excluding carboxylic acids is 1. The summed E-state index contributed by atoms with van der Waals surface area (Å²) in [6.45, 7) is 3.29. The van der Waals surface area contributed by atoms with Crippen LogP contribution in [0.3, 0.4) is 0 Å². The molecular formula is C20H24N2O2. The van der Waals surface area contributed by atoms with Gasteiger partial charge in [0.1, 0.15) is 5.75 Å². The van der Waals surface area contributed by atoms with Crippen LogP contribution in [0, 0.1) is 6.92 Å². The van der Waals surface area contributed by atoms with Gasteiger partial charge in [0, 0.05) is 25.0 Å². The number of hydrogen-bond acceptors (Lipinski definition) is 3. The van der Waals surface area contributed by atoms with Crippen LogP contribution in [0.15, 0.2) is 48.5 Å². The number of nitrogens with two attached hydrogens (primary N) is 1. The average Bonchev–Trinajstić information content (AvgIpc) is 2.99. The lowest BCUT2D eigenvalue weighted by Crippen LogP contribution is -2.33. The Balaban J connectivity index is 1.68. The van der Waals surface area contributed by atoms with E-state index in [4.69, 9.17) is 10.5 Å². The number of methoxy groups -OCH3 is 1. The third kappa shape index (κ3) is 3.44. The summed E-state index contributed by atoms with van der Waals surface area (Å²) in [4.78, 5) is 14.5. The van der Waals surface area contributed by atoms with Crippen molar-refractivity contribution < 1.29 is 9.53 Å². The Morgan fingerprint density at radius 2 is 1.96 bits per heavy atom. The Kier molecular flexibility index (Phi) is 4.86. The standard InChI is InChI=1S/C20H24N2O2/c1-14-8-9-15(10-19(14)24-2)11-20(23)22-12-17(18(21)13-22)16-6-4-3-5-7-16/h3-10,17-18H,11-13,21H2,1-2H3/t17-,18+/m0/s1. The third-order valence-corrected chi connectivity index (χ3v) is 4.77. The van der Waals surface area contributed by atoms with E-state index in [0.29, 0.717) is 19.5 Å². The van der Waals surface area contributed by atoms with Gasteiger partial charge in [0.2, 0.25) is 5.91 Å². The molecule has 3 rings (SSSR count). The molecule has 24 heavy (non-hydrogen) atoms. The normalized spacial score (nSPS) is 20.2. The maximum absolute atomic E-state index is 12.7. The maximum Gasteiger partial charge on any atom is 0.227 e. The quantitative estimate of drug-likeness (QED) is 0.940. The molecule has 2 aromatic carbocycles. The van der Waals surface area contributed by atoms with Gasteiger partial charge in [-0.25, -0.2) is 0 Å². The van der Waals surface area contributed by atoms with Crippen LogP contribution in [-0.2, 0) is 11.2 Å². The van der Waals surface area contributed by atoms with Crippen LogP contribution < -0.4 is 10.5 Å². The number of hydrogen-bond donors (Lipinski definition) is 1. The molecular weight excluding hydrogens is 300 g/mol. The monoisotopic (exact) mass is 324 g/mol. The highest BCUT2D eigenvalue weighted by molar-refractivity contribution is 5.79. The molecule has 126 valence electrons. The summed E-state index contributed by atoms with van der Waals surface area (Å²) < 4.78 is 5.34. The highest BCUT2D eigenvalue weighted by atomic mass is 16.5. The van der Waals surface area contributed by atoms with Crippen LogP contribution >= 0.6 is 0 Å². The Morgan fingerprint density at radius 1 is 1.21 bits per heavy atom. The summed E-state index contributed by atoms with van der Waals surface area (Å²) in [5, 5.41) is 0. The molecule has 2 N–H and O–H groups in total. The molecule has 1 aliphatic heterocycles. The molecule has 0 unspecified atom stereocenters. The van der Waals surface area contributed by atoms with Crippen molar-refractivity contribution in [2.75, 3.05) is 20.2 Å². The third-order valence-electron chi connectivity index (χ3n) is 4.77. The van der Waals surface area contributed by atoms with Crippen molar-refractivity contribution in [3.8, 4) is 5.75 Å². The van der Waals surface area contributed by atoms with Crippen molar-refractivity contribution in [3.05, 3.63) is 65.2 Å². The lowest BCUT2D eigenvalue weighted by Gasteiger charge is -2.17. The fourth-order valence-corrected chi connectivity index (χ4v) is 3.35. The molecule has 2 atom stereocenters. The summed E-state index contributed by atoms with van der Waals surface area (Å²) in [5.74, 6) is 1.15. The smallest absolute Gasteiger partial charge is 0.227 e. The minimum atomic E-state index is -0.0103. The fourth-order valence-electron chi connectivity index (χ4n) is 3.35. The molecule has 0 radical (unpaired) electrons. The van der Waals surface area contributed by atoms with Gasteiger partial charge in [0.05, 0.1) is 13.5 Å². The minimum Gasteiger partial charge on any atom is -0.496 e. The summed E-state index contributed by atoms with van der Waals surface area (Å²) in [6, 6.07) is 16.1. The molecule has 0 bridgehead atoms. The van der Waals surface area contributed by atoms with Crippen LogP contribution in [0.4, 0.5) is 0 Å². The van der Waals surface area contributed by atoms with Crippen molar-refractivity contribution in [1.82, 2.24) is 4.90 Å². The minimum absolute atomic E-state index is 0.0103. The SMILES string of the molecule is COc1cc(CC(=O)N2C[C@@H](N)[C@H](c3ccccc3)C2)ccc1C. The largest absolute Gasteiger partial charge is 0.496 e. The zero-order valence-corrected chi connectivity index (χ0v) is 14.2. The first kappa shape index (κ1) is 16.5. The lowest BCUT2D eigenvalue weighted by molar-refractivity contribution is -0.129. The predicted molar refractivity (Wildman–Crippen MR) is 95.2 cm³/mol. The molecule has 4 heteroatoms. The number of nitrogens with zero attached hydrogens (tertiary/aromatic N) is 1. The average molecular weight is 324 g/mol. The van der Waals surface area contributed by atoms with E-state index in [2.05, 4.69) is 12.1 Å².